The number of aliphatic hydroxyl groups excluding tert-OH is 5. The van der Waals surface area contributed by atoms with E-state index in [1.807, 2.05) is 0 Å². The summed E-state index contributed by atoms with van der Waals surface area (Å²) >= 11 is 5.25. The first-order valence-electron chi connectivity index (χ1n) is 4.37. The van der Waals surface area contributed by atoms with E-state index >= 15 is 0 Å². The van der Waals surface area contributed by atoms with E-state index in [1.54, 1.807) is 0 Å². The van der Waals surface area contributed by atoms with E-state index < -0.39 is 36.8 Å². The summed E-state index contributed by atoms with van der Waals surface area (Å²) in [6, 6.07) is 0. The zero-order chi connectivity index (χ0) is 12.0. The van der Waals surface area contributed by atoms with Gasteiger partial charge >= 0.3 is 0 Å². The molecule has 0 bridgehead atoms. The molecule has 0 saturated heterocycles. The van der Waals surface area contributed by atoms with Crippen LogP contribution in [0.25, 0.3) is 0 Å². The van der Waals surface area contributed by atoms with E-state index in [4.69, 9.17) is 26.9 Å². The Morgan fingerprint density at radius 1 is 1.13 bits per heavy atom. The molecule has 0 amide bonds. The maximum absolute atomic E-state index is 11.1. The predicted octanol–water partition coefficient (Wildman–Crippen LogP) is -2.38. The van der Waals surface area contributed by atoms with Crippen molar-refractivity contribution in [3.63, 3.8) is 0 Å². The lowest BCUT2D eigenvalue weighted by Gasteiger charge is -2.24. The van der Waals surface area contributed by atoms with Crippen LogP contribution in [0.5, 0.6) is 0 Å². The van der Waals surface area contributed by atoms with Gasteiger partial charge in [-0.2, -0.15) is 0 Å². The fourth-order valence-corrected chi connectivity index (χ4v) is 1.14. The van der Waals surface area contributed by atoms with Gasteiger partial charge < -0.3 is 25.5 Å². The molecule has 0 aliphatic rings. The first-order chi connectivity index (χ1) is 6.95. The molecule has 7 heteroatoms. The third kappa shape index (κ3) is 4.42. The number of ketones is 1. The van der Waals surface area contributed by atoms with Gasteiger partial charge in [0, 0.05) is 12.3 Å². The molecule has 90 valence electrons. The summed E-state index contributed by atoms with van der Waals surface area (Å²) in [4.78, 5) is 11.1. The molecule has 4 atom stereocenters. The van der Waals surface area contributed by atoms with Gasteiger partial charge in [-0.1, -0.05) is 0 Å². The minimum atomic E-state index is -1.84. The molecule has 0 aromatic rings. The number of aliphatic hydroxyl groups is 5. The lowest BCUT2D eigenvalue weighted by atomic mass is 9.99. The van der Waals surface area contributed by atoms with Crippen LogP contribution in [0, 0.1) is 0 Å². The molecule has 0 fully saturated rings. The van der Waals surface area contributed by atoms with Gasteiger partial charge in [0.2, 0.25) is 0 Å². The molecule has 0 spiro atoms. The molecule has 0 heterocycles. The average molecular weight is 243 g/mol. The van der Waals surface area contributed by atoms with E-state index in [9.17, 15) is 15.0 Å². The van der Waals surface area contributed by atoms with Gasteiger partial charge in [-0.05, 0) is 0 Å². The minimum absolute atomic E-state index is 0.0126. The number of carbonyl (C=O) groups excluding carboxylic acids is 1. The van der Waals surface area contributed by atoms with Crippen molar-refractivity contribution >= 4 is 17.4 Å². The van der Waals surface area contributed by atoms with Crippen LogP contribution < -0.4 is 0 Å². The molecule has 5 N–H and O–H groups in total. The standard InChI is InChI=1S/C8H15ClO6/c9-2-1-4(11)6(13)8(15)7(14)5(12)3-10/h5-8,10,12-15H,1-3H2/t5-,6-,7-,8-/m1/s1. The van der Waals surface area contributed by atoms with Crippen molar-refractivity contribution in [1.29, 1.82) is 0 Å². The highest BCUT2D eigenvalue weighted by Gasteiger charge is 2.33. The molecule has 0 aliphatic carbocycles. The quantitative estimate of drug-likeness (QED) is 0.318. The zero-order valence-electron chi connectivity index (χ0n) is 7.95. The number of carbonyl (C=O) groups is 1. The lowest BCUT2D eigenvalue weighted by molar-refractivity contribution is -0.146. The molecule has 0 radical (unpaired) electrons. The molecule has 0 saturated carbocycles. The highest BCUT2D eigenvalue weighted by Crippen LogP contribution is 2.07. The van der Waals surface area contributed by atoms with Crippen molar-refractivity contribution in [3.05, 3.63) is 0 Å². The van der Waals surface area contributed by atoms with Crippen molar-refractivity contribution in [1.82, 2.24) is 0 Å². The van der Waals surface area contributed by atoms with Gasteiger partial charge in [0.15, 0.2) is 5.78 Å². The number of halogens is 1. The van der Waals surface area contributed by atoms with E-state index in [-0.39, 0.29) is 12.3 Å². The summed E-state index contributed by atoms with van der Waals surface area (Å²) in [7, 11) is 0. The molecule has 0 aromatic heterocycles. The Hall–Kier alpha value is -0.240. The summed E-state index contributed by atoms with van der Waals surface area (Å²) in [5, 5.41) is 45.1. The molecule has 0 aromatic carbocycles. The highest BCUT2D eigenvalue weighted by molar-refractivity contribution is 6.19. The van der Waals surface area contributed by atoms with Crippen LogP contribution in [0.3, 0.4) is 0 Å². The Kier molecular flexibility index (Phi) is 6.99. The highest BCUT2D eigenvalue weighted by atomic mass is 35.5. The molecule has 0 unspecified atom stereocenters. The van der Waals surface area contributed by atoms with Gasteiger partial charge in [-0.15, -0.1) is 11.6 Å². The Morgan fingerprint density at radius 3 is 2.07 bits per heavy atom. The number of alkyl halides is 1. The van der Waals surface area contributed by atoms with Crippen LogP contribution in [0.1, 0.15) is 6.42 Å². The maximum Gasteiger partial charge on any atom is 0.165 e. The number of hydrogen-bond donors (Lipinski definition) is 5. The zero-order valence-corrected chi connectivity index (χ0v) is 8.71. The fraction of sp³-hybridized carbons (Fsp3) is 0.875. The molecule has 0 rings (SSSR count). The number of rotatable bonds is 7. The SMILES string of the molecule is O=C(CCCl)[C@@H](O)[C@@H](O)[C@H](O)[C@H](O)CO. The topological polar surface area (TPSA) is 118 Å². The molecule has 6 nitrogen and oxygen atoms in total. The smallest absolute Gasteiger partial charge is 0.165 e. The van der Waals surface area contributed by atoms with Gasteiger partial charge in [0.1, 0.15) is 24.4 Å². The summed E-state index contributed by atoms with van der Waals surface area (Å²) in [5.41, 5.74) is 0. The molecule has 15 heavy (non-hydrogen) atoms. The second-order valence-corrected chi connectivity index (χ2v) is 3.46. The first-order valence-corrected chi connectivity index (χ1v) is 4.91. The first kappa shape index (κ1) is 14.8. The third-order valence-corrected chi connectivity index (χ3v) is 2.11. The van der Waals surface area contributed by atoms with E-state index in [0.29, 0.717) is 0 Å². The van der Waals surface area contributed by atoms with Gasteiger partial charge in [-0.3, -0.25) is 4.79 Å². The van der Waals surface area contributed by atoms with Gasteiger partial charge in [0.25, 0.3) is 0 Å². The summed E-state index contributed by atoms with van der Waals surface area (Å²) in [6.45, 7) is -0.783. The predicted molar refractivity (Wildman–Crippen MR) is 51.5 cm³/mol. The second-order valence-electron chi connectivity index (χ2n) is 3.08. The average Bonchev–Trinajstić information content (AvgIpc) is 2.25. The van der Waals surface area contributed by atoms with E-state index in [2.05, 4.69) is 0 Å². The van der Waals surface area contributed by atoms with Crippen LogP contribution >= 0.6 is 11.6 Å². The monoisotopic (exact) mass is 242 g/mol. The molecule has 0 aliphatic heterocycles. The fourth-order valence-electron chi connectivity index (χ4n) is 0.954. The Balaban J connectivity index is 4.29. The van der Waals surface area contributed by atoms with Crippen molar-refractivity contribution in [2.75, 3.05) is 12.5 Å². The Labute approximate surface area is 91.7 Å². The summed E-state index contributed by atoms with van der Waals surface area (Å²) in [5.74, 6) is -0.747. The Bertz CT molecular complexity index is 200. The van der Waals surface area contributed by atoms with Crippen molar-refractivity contribution in [3.8, 4) is 0 Å². The van der Waals surface area contributed by atoms with Crippen LogP contribution in [0.15, 0.2) is 0 Å². The van der Waals surface area contributed by atoms with Crippen LogP contribution in [0.4, 0.5) is 0 Å². The number of Topliss-reactive ketones (excluding diaryl/α,β-unsaturated/α-hetero) is 1. The lowest BCUT2D eigenvalue weighted by Crippen LogP contribution is -2.48. The normalized spacial score (nSPS) is 19.3. The summed E-state index contributed by atoms with van der Waals surface area (Å²) in [6.07, 6.45) is -7.22. The van der Waals surface area contributed by atoms with Crippen molar-refractivity contribution in [2.24, 2.45) is 0 Å². The second kappa shape index (κ2) is 7.10. The maximum atomic E-state index is 11.1. The largest absolute Gasteiger partial charge is 0.394 e. The van der Waals surface area contributed by atoms with Gasteiger partial charge in [0.05, 0.1) is 6.61 Å². The van der Waals surface area contributed by atoms with Crippen LogP contribution in [-0.2, 0) is 4.79 Å². The van der Waals surface area contributed by atoms with E-state index in [0.717, 1.165) is 0 Å². The van der Waals surface area contributed by atoms with E-state index in [1.165, 1.54) is 0 Å². The molecular weight excluding hydrogens is 228 g/mol. The summed E-state index contributed by atoms with van der Waals surface area (Å²) < 4.78 is 0. The van der Waals surface area contributed by atoms with Crippen molar-refractivity contribution < 1.29 is 30.3 Å². The van der Waals surface area contributed by atoms with Crippen LogP contribution in [-0.4, -0.2) is 68.2 Å². The van der Waals surface area contributed by atoms with Gasteiger partial charge in [-0.25, -0.2) is 0 Å². The molecular formula is C8H15ClO6. The Morgan fingerprint density at radius 2 is 1.67 bits per heavy atom. The van der Waals surface area contributed by atoms with Crippen molar-refractivity contribution in [2.45, 2.75) is 30.8 Å². The number of hydrogen-bond acceptors (Lipinski definition) is 6. The minimum Gasteiger partial charge on any atom is -0.394 e. The third-order valence-electron chi connectivity index (χ3n) is 1.93. The van der Waals surface area contributed by atoms with Crippen LogP contribution in [0.2, 0.25) is 0 Å².